The van der Waals surface area contributed by atoms with Gasteiger partial charge >= 0.3 is 0 Å². The first-order valence-electron chi connectivity index (χ1n) is 9.77. The van der Waals surface area contributed by atoms with Crippen molar-refractivity contribution in [3.63, 3.8) is 0 Å². The number of hydrogen-bond donors (Lipinski definition) is 1. The third-order valence-electron chi connectivity index (χ3n) is 5.03. The van der Waals surface area contributed by atoms with E-state index in [1.165, 1.54) is 7.11 Å². The van der Waals surface area contributed by atoms with Crippen molar-refractivity contribution >= 4 is 35.0 Å². The van der Waals surface area contributed by atoms with Gasteiger partial charge in [0.1, 0.15) is 18.1 Å². The van der Waals surface area contributed by atoms with E-state index in [0.717, 1.165) is 0 Å². The van der Waals surface area contributed by atoms with Crippen molar-refractivity contribution in [1.29, 1.82) is 0 Å². The predicted octanol–water partition coefficient (Wildman–Crippen LogP) is 4.05. The first-order valence-corrected chi connectivity index (χ1v) is 10.5. The maximum Gasteiger partial charge on any atom is 0.257 e. The quantitative estimate of drug-likeness (QED) is 0.646. The Morgan fingerprint density at radius 3 is 2.40 bits per heavy atom. The lowest BCUT2D eigenvalue weighted by Gasteiger charge is -2.31. The summed E-state index contributed by atoms with van der Waals surface area (Å²) in [4.78, 5) is 27.0. The summed E-state index contributed by atoms with van der Waals surface area (Å²) in [5.74, 6) is 0.930. The first kappa shape index (κ1) is 22.2. The number of nitrogens with zero attached hydrogens (tertiary/aromatic N) is 1. The van der Waals surface area contributed by atoms with Crippen LogP contribution in [0.15, 0.2) is 42.5 Å². The van der Waals surface area contributed by atoms with Crippen LogP contribution in [0.4, 0.5) is 0 Å². The Morgan fingerprint density at radius 2 is 1.73 bits per heavy atom. The van der Waals surface area contributed by atoms with Gasteiger partial charge in [-0.3, -0.25) is 9.59 Å². The Bertz CT molecular complexity index is 881. The number of amides is 2. The molecule has 3 rings (SSSR count). The Balaban J connectivity index is 1.43. The highest BCUT2D eigenvalue weighted by Gasteiger charge is 2.29. The molecule has 1 aliphatic heterocycles. The van der Waals surface area contributed by atoms with Crippen molar-refractivity contribution in [1.82, 2.24) is 10.2 Å². The molecule has 0 aromatic heterocycles. The van der Waals surface area contributed by atoms with E-state index in [2.05, 4.69) is 5.32 Å². The van der Waals surface area contributed by atoms with E-state index >= 15 is 0 Å². The summed E-state index contributed by atoms with van der Waals surface area (Å²) >= 11 is 11.9. The Kier molecular flexibility index (Phi) is 7.82. The Hall–Kier alpha value is -2.44. The van der Waals surface area contributed by atoms with Crippen molar-refractivity contribution in [3.8, 4) is 11.5 Å². The highest BCUT2D eigenvalue weighted by atomic mass is 35.5. The molecule has 0 atom stereocenters. The van der Waals surface area contributed by atoms with Gasteiger partial charge < -0.3 is 19.7 Å². The van der Waals surface area contributed by atoms with Gasteiger partial charge in [0.2, 0.25) is 5.91 Å². The summed E-state index contributed by atoms with van der Waals surface area (Å²) in [5.41, 5.74) is 0.437. The lowest BCUT2D eigenvalue weighted by molar-refractivity contribution is -0.126. The van der Waals surface area contributed by atoms with Crippen LogP contribution in [-0.2, 0) is 4.79 Å². The molecule has 2 aromatic rings. The maximum absolute atomic E-state index is 12.8. The minimum absolute atomic E-state index is 0.0119. The number of piperidine rings is 1. The van der Waals surface area contributed by atoms with Gasteiger partial charge in [0.05, 0.1) is 19.2 Å². The smallest absolute Gasteiger partial charge is 0.257 e. The van der Waals surface area contributed by atoms with Crippen molar-refractivity contribution in [3.05, 3.63) is 58.1 Å². The molecule has 160 valence electrons. The van der Waals surface area contributed by atoms with Crippen LogP contribution in [0, 0.1) is 5.92 Å². The summed E-state index contributed by atoms with van der Waals surface area (Å²) in [7, 11) is 1.52. The average Bonchev–Trinajstić information content (AvgIpc) is 2.77. The normalized spacial score (nSPS) is 14.3. The average molecular weight is 451 g/mol. The van der Waals surface area contributed by atoms with Crippen LogP contribution in [0.5, 0.6) is 11.5 Å². The summed E-state index contributed by atoms with van der Waals surface area (Å²) in [5, 5.41) is 4.03. The molecule has 0 radical (unpaired) electrons. The Labute approximate surface area is 186 Å². The molecule has 2 aromatic carbocycles. The second kappa shape index (κ2) is 10.5. The lowest BCUT2D eigenvalue weighted by atomic mass is 9.95. The predicted molar refractivity (Wildman–Crippen MR) is 117 cm³/mol. The zero-order chi connectivity index (χ0) is 21.5. The number of likely N-dealkylation sites (tertiary alicyclic amines) is 1. The maximum atomic E-state index is 12.8. The highest BCUT2D eigenvalue weighted by Crippen LogP contribution is 2.26. The lowest BCUT2D eigenvalue weighted by Crippen LogP contribution is -2.43. The van der Waals surface area contributed by atoms with E-state index in [1.807, 2.05) is 0 Å². The monoisotopic (exact) mass is 450 g/mol. The van der Waals surface area contributed by atoms with Gasteiger partial charge in [0.25, 0.3) is 5.91 Å². The summed E-state index contributed by atoms with van der Waals surface area (Å²) in [6.07, 6.45) is 1.22. The molecular formula is C22H24Cl2N2O4. The topological polar surface area (TPSA) is 67.9 Å². The molecule has 0 spiro atoms. The molecule has 6 nitrogen and oxygen atoms in total. The first-order chi connectivity index (χ1) is 14.5. The molecule has 0 aliphatic carbocycles. The molecular weight excluding hydrogens is 427 g/mol. The number of methoxy groups -OCH3 is 1. The van der Waals surface area contributed by atoms with Crippen LogP contribution in [0.25, 0.3) is 0 Å². The van der Waals surface area contributed by atoms with E-state index in [-0.39, 0.29) is 17.7 Å². The molecule has 0 unspecified atom stereocenters. The summed E-state index contributed by atoms with van der Waals surface area (Å²) in [6.45, 7) is 1.81. The van der Waals surface area contributed by atoms with Crippen molar-refractivity contribution in [2.75, 3.05) is 33.4 Å². The number of benzene rings is 2. The van der Waals surface area contributed by atoms with Crippen molar-refractivity contribution in [2.45, 2.75) is 12.8 Å². The van der Waals surface area contributed by atoms with Gasteiger partial charge in [0.15, 0.2) is 0 Å². The Morgan fingerprint density at radius 1 is 1.07 bits per heavy atom. The highest BCUT2D eigenvalue weighted by molar-refractivity contribution is 6.31. The minimum Gasteiger partial charge on any atom is -0.496 e. The number of carbonyl (C=O) groups excluding carboxylic acids is 2. The molecule has 0 saturated carbocycles. The van der Waals surface area contributed by atoms with Crippen LogP contribution in [0.1, 0.15) is 23.2 Å². The second-order valence-corrected chi connectivity index (χ2v) is 7.88. The fourth-order valence-electron chi connectivity index (χ4n) is 3.38. The van der Waals surface area contributed by atoms with Crippen molar-refractivity contribution in [2.24, 2.45) is 5.92 Å². The van der Waals surface area contributed by atoms with E-state index in [4.69, 9.17) is 32.7 Å². The molecule has 30 heavy (non-hydrogen) atoms. The van der Waals surface area contributed by atoms with Gasteiger partial charge in [-0.2, -0.15) is 0 Å². The van der Waals surface area contributed by atoms with Crippen LogP contribution in [-0.4, -0.2) is 50.1 Å². The fraction of sp³-hybridized carbons (Fsp3) is 0.364. The molecule has 1 saturated heterocycles. The standard InChI is InChI=1S/C22H24Cl2N2O4/c1-29-20-7-4-17(24)14-19(20)22(28)26-11-8-15(9-12-26)21(27)25-10-13-30-18-5-2-16(23)3-6-18/h2-7,14-15H,8-13H2,1H3,(H,25,27). The summed E-state index contributed by atoms with van der Waals surface area (Å²) in [6, 6.07) is 12.1. The third-order valence-corrected chi connectivity index (χ3v) is 5.52. The molecule has 1 fully saturated rings. The van der Waals surface area contributed by atoms with Gasteiger partial charge in [-0.1, -0.05) is 23.2 Å². The van der Waals surface area contributed by atoms with Crippen LogP contribution < -0.4 is 14.8 Å². The van der Waals surface area contributed by atoms with Crippen molar-refractivity contribution < 1.29 is 19.1 Å². The zero-order valence-electron chi connectivity index (χ0n) is 16.7. The molecule has 0 bridgehead atoms. The third kappa shape index (κ3) is 5.80. The molecule has 1 aliphatic rings. The van der Waals surface area contributed by atoms with Gasteiger partial charge in [-0.25, -0.2) is 0 Å². The van der Waals surface area contributed by atoms with E-state index in [1.54, 1.807) is 47.4 Å². The summed E-state index contributed by atoms with van der Waals surface area (Å²) < 4.78 is 10.9. The number of carbonyl (C=O) groups is 2. The van der Waals surface area contributed by atoms with Crippen LogP contribution in [0.2, 0.25) is 10.0 Å². The molecule has 1 N–H and O–H groups in total. The number of ether oxygens (including phenoxy) is 2. The number of nitrogens with one attached hydrogen (secondary N) is 1. The number of halogens is 2. The minimum atomic E-state index is -0.135. The number of hydrogen-bond acceptors (Lipinski definition) is 4. The molecule has 2 amide bonds. The van der Waals surface area contributed by atoms with Gasteiger partial charge in [0, 0.05) is 29.1 Å². The molecule has 1 heterocycles. The fourth-order valence-corrected chi connectivity index (χ4v) is 3.68. The van der Waals surface area contributed by atoms with E-state index in [9.17, 15) is 9.59 Å². The van der Waals surface area contributed by atoms with E-state index in [0.29, 0.717) is 66.2 Å². The van der Waals surface area contributed by atoms with Crippen LogP contribution in [0.3, 0.4) is 0 Å². The van der Waals surface area contributed by atoms with Gasteiger partial charge in [-0.15, -0.1) is 0 Å². The number of rotatable bonds is 7. The largest absolute Gasteiger partial charge is 0.496 e. The van der Waals surface area contributed by atoms with E-state index < -0.39 is 0 Å². The SMILES string of the molecule is COc1ccc(Cl)cc1C(=O)N1CCC(C(=O)NCCOc2ccc(Cl)cc2)CC1. The second-order valence-electron chi connectivity index (χ2n) is 7.00. The van der Waals surface area contributed by atoms with Crippen LogP contribution >= 0.6 is 23.2 Å². The molecule has 8 heteroatoms. The zero-order valence-corrected chi connectivity index (χ0v) is 18.2. The van der Waals surface area contributed by atoms with Gasteiger partial charge in [-0.05, 0) is 55.3 Å².